The maximum Gasteiger partial charge on any atom is 0.312 e. The Bertz CT molecular complexity index is 546. The van der Waals surface area contributed by atoms with Crippen LogP contribution in [0.5, 0.6) is 0 Å². The third-order valence-corrected chi connectivity index (χ3v) is 5.30. The van der Waals surface area contributed by atoms with E-state index in [4.69, 9.17) is 14.2 Å². The molecule has 0 spiro atoms. The number of benzene rings is 1. The molecule has 23 heavy (non-hydrogen) atoms. The molecule has 1 aliphatic heterocycles. The van der Waals surface area contributed by atoms with Gasteiger partial charge in [0.1, 0.15) is 0 Å². The monoisotopic (exact) mass is 320 g/mol. The fourth-order valence-electron chi connectivity index (χ4n) is 3.27. The third kappa shape index (κ3) is 3.59. The quantitative estimate of drug-likeness (QED) is 0.751. The molecule has 4 heteroatoms. The van der Waals surface area contributed by atoms with Crippen LogP contribution in [0, 0.1) is 12.3 Å². The van der Waals surface area contributed by atoms with Crippen LogP contribution in [0.2, 0.25) is 0 Å². The summed E-state index contributed by atoms with van der Waals surface area (Å²) in [5.74, 6) is -0.199. The molecule has 0 aromatic heterocycles. The Morgan fingerprint density at radius 2 is 1.91 bits per heavy atom. The van der Waals surface area contributed by atoms with Gasteiger partial charge in [-0.15, -0.1) is 0 Å². The smallest absolute Gasteiger partial charge is 0.312 e. The lowest BCUT2D eigenvalue weighted by Gasteiger charge is -2.43. The van der Waals surface area contributed by atoms with Crippen LogP contribution in [0.4, 0.5) is 0 Å². The first-order valence-electron chi connectivity index (χ1n) is 8.20. The number of aryl methyl sites for hydroxylation is 1. The van der Waals surface area contributed by atoms with Crippen LogP contribution in [0.15, 0.2) is 24.3 Å². The van der Waals surface area contributed by atoms with Crippen molar-refractivity contribution in [1.82, 2.24) is 0 Å². The number of carbonyl (C=O) groups excluding carboxylic acids is 1. The third-order valence-electron chi connectivity index (χ3n) is 5.30. The number of esters is 1. The summed E-state index contributed by atoms with van der Waals surface area (Å²) in [5, 5.41) is 0. The summed E-state index contributed by atoms with van der Waals surface area (Å²) in [6.45, 7) is 9.40. The number of hydrogen-bond acceptors (Lipinski definition) is 4. The van der Waals surface area contributed by atoms with Gasteiger partial charge in [-0.1, -0.05) is 36.8 Å². The van der Waals surface area contributed by atoms with E-state index in [-0.39, 0.29) is 17.7 Å². The zero-order valence-electron chi connectivity index (χ0n) is 14.8. The van der Waals surface area contributed by atoms with Crippen molar-refractivity contribution in [1.29, 1.82) is 0 Å². The highest BCUT2D eigenvalue weighted by Crippen LogP contribution is 2.46. The van der Waals surface area contributed by atoms with Crippen molar-refractivity contribution in [3.63, 3.8) is 0 Å². The van der Waals surface area contributed by atoms with Gasteiger partial charge >= 0.3 is 5.97 Å². The molecule has 1 aromatic carbocycles. The molecule has 128 valence electrons. The Kier molecular flexibility index (Phi) is 5.48. The standard InChI is InChI=1S/C19H28O4/c1-14-7-6-8-15(13-14)19(4,18(2,3)17(20)21-5)10-9-16-22-11-12-23-16/h6-8,13,16H,9-12H2,1-5H3. The molecule has 4 nitrogen and oxygen atoms in total. The molecule has 1 aromatic rings. The van der Waals surface area contributed by atoms with E-state index < -0.39 is 5.41 Å². The number of hydrogen-bond donors (Lipinski definition) is 0. The Hall–Kier alpha value is -1.39. The number of carbonyl (C=O) groups is 1. The second-order valence-corrected chi connectivity index (χ2v) is 7.03. The lowest BCUT2D eigenvalue weighted by Crippen LogP contribution is -2.46. The highest BCUT2D eigenvalue weighted by Gasteiger charge is 2.48. The normalized spacial score (nSPS) is 18.7. The van der Waals surface area contributed by atoms with Gasteiger partial charge in [0.2, 0.25) is 0 Å². The van der Waals surface area contributed by atoms with Crippen LogP contribution >= 0.6 is 0 Å². The van der Waals surface area contributed by atoms with Crippen molar-refractivity contribution >= 4 is 5.97 Å². The van der Waals surface area contributed by atoms with E-state index in [1.807, 2.05) is 19.9 Å². The zero-order chi connectivity index (χ0) is 17.1. The van der Waals surface area contributed by atoms with Crippen molar-refractivity contribution in [3.8, 4) is 0 Å². The van der Waals surface area contributed by atoms with Crippen LogP contribution in [0.3, 0.4) is 0 Å². The number of ether oxygens (including phenoxy) is 3. The SMILES string of the molecule is COC(=O)C(C)(C)C(C)(CCC1OCCO1)c1cccc(C)c1. The summed E-state index contributed by atoms with van der Waals surface area (Å²) < 4.78 is 16.2. The number of methoxy groups -OCH3 is 1. The van der Waals surface area contributed by atoms with E-state index >= 15 is 0 Å². The second kappa shape index (κ2) is 7.02. The van der Waals surface area contributed by atoms with Crippen molar-refractivity contribution in [2.45, 2.75) is 52.2 Å². The Morgan fingerprint density at radius 3 is 2.48 bits per heavy atom. The average molecular weight is 320 g/mol. The van der Waals surface area contributed by atoms with Crippen molar-refractivity contribution in [3.05, 3.63) is 35.4 Å². The second-order valence-electron chi connectivity index (χ2n) is 7.03. The molecule has 0 radical (unpaired) electrons. The van der Waals surface area contributed by atoms with E-state index in [9.17, 15) is 4.79 Å². The Morgan fingerprint density at radius 1 is 1.26 bits per heavy atom. The minimum Gasteiger partial charge on any atom is -0.469 e. The van der Waals surface area contributed by atoms with Crippen LogP contribution < -0.4 is 0 Å². The summed E-state index contributed by atoms with van der Waals surface area (Å²) in [4.78, 5) is 12.4. The molecular formula is C19H28O4. The van der Waals surface area contributed by atoms with Crippen molar-refractivity contribution in [2.24, 2.45) is 5.41 Å². The van der Waals surface area contributed by atoms with E-state index in [1.165, 1.54) is 12.7 Å². The molecule has 1 fully saturated rings. The molecule has 2 rings (SSSR count). The van der Waals surface area contributed by atoms with Gasteiger partial charge in [0.15, 0.2) is 6.29 Å². The molecule has 1 unspecified atom stereocenters. The Labute approximate surface area is 139 Å². The Balaban J connectivity index is 2.34. The first-order chi connectivity index (χ1) is 10.8. The first-order valence-corrected chi connectivity index (χ1v) is 8.20. The van der Waals surface area contributed by atoms with Gasteiger partial charge in [-0.2, -0.15) is 0 Å². The summed E-state index contributed by atoms with van der Waals surface area (Å²) in [6, 6.07) is 8.35. The fourth-order valence-corrected chi connectivity index (χ4v) is 3.27. The fraction of sp³-hybridized carbons (Fsp3) is 0.632. The molecule has 1 aliphatic rings. The predicted molar refractivity (Wildman–Crippen MR) is 89.3 cm³/mol. The zero-order valence-corrected chi connectivity index (χ0v) is 14.8. The summed E-state index contributed by atoms with van der Waals surface area (Å²) in [6.07, 6.45) is 1.36. The maximum atomic E-state index is 12.4. The van der Waals surface area contributed by atoms with Gasteiger partial charge in [-0.05, 0) is 39.2 Å². The van der Waals surface area contributed by atoms with Crippen molar-refractivity contribution < 1.29 is 19.0 Å². The summed E-state index contributed by atoms with van der Waals surface area (Å²) in [5.41, 5.74) is 1.30. The van der Waals surface area contributed by atoms with E-state index in [1.54, 1.807) is 0 Å². The lowest BCUT2D eigenvalue weighted by atomic mass is 9.60. The van der Waals surface area contributed by atoms with Crippen LogP contribution in [0.25, 0.3) is 0 Å². The molecule has 0 N–H and O–H groups in total. The molecule has 0 bridgehead atoms. The highest BCUT2D eigenvalue weighted by molar-refractivity contribution is 5.78. The van der Waals surface area contributed by atoms with E-state index in [0.717, 1.165) is 18.4 Å². The number of rotatable bonds is 6. The van der Waals surface area contributed by atoms with Gasteiger partial charge in [-0.25, -0.2) is 0 Å². The van der Waals surface area contributed by atoms with Crippen LogP contribution in [-0.4, -0.2) is 32.6 Å². The predicted octanol–water partition coefficient (Wildman–Crippen LogP) is 3.61. The molecule has 0 aliphatic carbocycles. The highest BCUT2D eigenvalue weighted by atomic mass is 16.7. The molecule has 0 saturated carbocycles. The lowest BCUT2D eigenvalue weighted by molar-refractivity contribution is -0.155. The van der Waals surface area contributed by atoms with Gasteiger partial charge in [-0.3, -0.25) is 4.79 Å². The topological polar surface area (TPSA) is 44.8 Å². The summed E-state index contributed by atoms with van der Waals surface area (Å²) in [7, 11) is 1.45. The summed E-state index contributed by atoms with van der Waals surface area (Å²) >= 11 is 0. The largest absolute Gasteiger partial charge is 0.469 e. The van der Waals surface area contributed by atoms with Gasteiger partial charge < -0.3 is 14.2 Å². The minimum absolute atomic E-state index is 0.174. The molecule has 1 atom stereocenters. The van der Waals surface area contributed by atoms with Crippen LogP contribution in [0.1, 0.15) is 44.7 Å². The molecule has 0 amide bonds. The van der Waals surface area contributed by atoms with Gasteiger partial charge in [0.25, 0.3) is 0 Å². The van der Waals surface area contributed by atoms with Gasteiger partial charge in [0, 0.05) is 5.41 Å². The average Bonchev–Trinajstić information content (AvgIpc) is 3.05. The molecule has 1 heterocycles. The van der Waals surface area contributed by atoms with E-state index in [0.29, 0.717) is 13.2 Å². The minimum atomic E-state index is -0.659. The first kappa shape index (κ1) is 18.0. The molecular weight excluding hydrogens is 292 g/mol. The van der Waals surface area contributed by atoms with Crippen molar-refractivity contribution in [2.75, 3.05) is 20.3 Å². The van der Waals surface area contributed by atoms with E-state index in [2.05, 4.69) is 32.0 Å². The van der Waals surface area contributed by atoms with Crippen LogP contribution in [-0.2, 0) is 24.4 Å². The maximum absolute atomic E-state index is 12.4. The van der Waals surface area contributed by atoms with Gasteiger partial charge in [0.05, 0.1) is 25.7 Å². The molecule has 1 saturated heterocycles.